The second kappa shape index (κ2) is 7.59. The second-order valence-corrected chi connectivity index (χ2v) is 8.15. The van der Waals surface area contributed by atoms with E-state index in [1.165, 1.54) is 4.68 Å². The van der Waals surface area contributed by atoms with E-state index >= 15 is 0 Å². The van der Waals surface area contributed by atoms with Gasteiger partial charge in [-0.05, 0) is 43.4 Å². The number of aryl methyl sites for hydroxylation is 3. The smallest absolute Gasteiger partial charge is 0.267 e. The van der Waals surface area contributed by atoms with Crippen LogP contribution < -0.4 is 10.5 Å². The first-order valence-electron chi connectivity index (χ1n) is 10.6. The maximum absolute atomic E-state index is 12.8. The predicted octanol–water partition coefficient (Wildman–Crippen LogP) is 1.36. The second-order valence-electron chi connectivity index (χ2n) is 8.15. The van der Waals surface area contributed by atoms with Crippen LogP contribution in [0.1, 0.15) is 24.1 Å². The summed E-state index contributed by atoms with van der Waals surface area (Å²) in [6.07, 6.45) is 4.00. The van der Waals surface area contributed by atoms with Crippen molar-refractivity contribution in [2.45, 2.75) is 32.2 Å². The maximum Gasteiger partial charge on any atom is 0.267 e. The minimum absolute atomic E-state index is 0.0123. The van der Waals surface area contributed by atoms with Gasteiger partial charge in [0.2, 0.25) is 11.9 Å². The molecule has 0 N–H and O–H groups in total. The number of hydrogen-bond donors (Lipinski definition) is 0. The Morgan fingerprint density at radius 1 is 1.07 bits per heavy atom. The zero-order chi connectivity index (χ0) is 20.7. The van der Waals surface area contributed by atoms with Crippen molar-refractivity contribution in [1.29, 1.82) is 0 Å². The van der Waals surface area contributed by atoms with E-state index in [1.807, 2.05) is 30.1 Å². The predicted molar refractivity (Wildman–Crippen MR) is 115 cm³/mol. The van der Waals surface area contributed by atoms with E-state index in [9.17, 15) is 9.59 Å². The fourth-order valence-corrected chi connectivity index (χ4v) is 4.51. The molecule has 0 spiro atoms. The van der Waals surface area contributed by atoms with Gasteiger partial charge in [-0.2, -0.15) is 5.10 Å². The Morgan fingerprint density at radius 3 is 2.63 bits per heavy atom. The van der Waals surface area contributed by atoms with Crippen molar-refractivity contribution in [2.75, 3.05) is 31.1 Å². The molecule has 0 saturated carbocycles. The topological polar surface area (TPSA) is 76.3 Å². The number of nitrogens with zero attached hydrogens (tertiary/aromatic N) is 6. The highest BCUT2D eigenvalue weighted by Crippen LogP contribution is 2.22. The first-order valence-corrected chi connectivity index (χ1v) is 10.6. The minimum atomic E-state index is -0.178. The van der Waals surface area contributed by atoms with Crippen LogP contribution in [0.3, 0.4) is 0 Å². The van der Waals surface area contributed by atoms with Gasteiger partial charge in [0.1, 0.15) is 6.54 Å². The van der Waals surface area contributed by atoms with Crippen LogP contribution in [0.15, 0.2) is 35.1 Å². The van der Waals surface area contributed by atoms with Crippen LogP contribution in [0.2, 0.25) is 0 Å². The monoisotopic (exact) mass is 406 g/mol. The van der Waals surface area contributed by atoms with Crippen molar-refractivity contribution in [3.63, 3.8) is 0 Å². The quantitative estimate of drug-likeness (QED) is 0.656. The summed E-state index contributed by atoms with van der Waals surface area (Å²) in [4.78, 5) is 34.0. The third-order valence-electron chi connectivity index (χ3n) is 6.24. The van der Waals surface area contributed by atoms with E-state index in [0.717, 1.165) is 67.0 Å². The number of piperazine rings is 1. The first-order chi connectivity index (χ1) is 14.6. The first kappa shape index (κ1) is 18.8. The summed E-state index contributed by atoms with van der Waals surface area (Å²) in [5.74, 6) is 0.876. The van der Waals surface area contributed by atoms with Gasteiger partial charge in [-0.15, -0.1) is 0 Å². The average molecular weight is 406 g/mol. The van der Waals surface area contributed by atoms with Gasteiger partial charge in [-0.1, -0.05) is 12.1 Å². The van der Waals surface area contributed by atoms with Gasteiger partial charge in [0.05, 0.1) is 16.7 Å². The van der Waals surface area contributed by atoms with Crippen LogP contribution in [-0.2, 0) is 31.2 Å². The van der Waals surface area contributed by atoms with E-state index in [2.05, 4.69) is 20.6 Å². The Balaban J connectivity index is 1.26. The molecular formula is C22H26N6O2. The molecule has 1 aliphatic carbocycles. The molecule has 1 aromatic carbocycles. The van der Waals surface area contributed by atoms with Crippen LogP contribution in [-0.4, -0.2) is 56.3 Å². The molecule has 0 radical (unpaired) electrons. The average Bonchev–Trinajstić information content (AvgIpc) is 3.11. The number of carbonyl (C=O) groups excluding carboxylic acids is 1. The molecule has 1 aliphatic heterocycles. The van der Waals surface area contributed by atoms with Crippen LogP contribution in [0, 0.1) is 0 Å². The molecule has 5 rings (SSSR count). The van der Waals surface area contributed by atoms with Crippen LogP contribution >= 0.6 is 0 Å². The number of fused-ring (bicyclic) bond motifs is 2. The van der Waals surface area contributed by atoms with Gasteiger partial charge >= 0.3 is 0 Å². The number of amides is 1. The zero-order valence-electron chi connectivity index (χ0n) is 17.3. The van der Waals surface area contributed by atoms with E-state index in [-0.39, 0.29) is 18.0 Å². The van der Waals surface area contributed by atoms with Crippen molar-refractivity contribution in [1.82, 2.24) is 24.2 Å². The van der Waals surface area contributed by atoms with Crippen molar-refractivity contribution >= 4 is 22.9 Å². The molecule has 3 heterocycles. The third kappa shape index (κ3) is 3.36. The molecule has 0 bridgehead atoms. The summed E-state index contributed by atoms with van der Waals surface area (Å²) in [6, 6.07) is 9.75. The Bertz CT molecular complexity index is 1160. The summed E-state index contributed by atoms with van der Waals surface area (Å²) in [5.41, 5.74) is 3.92. The fraction of sp³-hybridized carbons (Fsp3) is 0.455. The van der Waals surface area contributed by atoms with Crippen LogP contribution in [0.4, 0.5) is 5.95 Å². The molecule has 0 unspecified atom stereocenters. The molecule has 3 aromatic rings. The highest BCUT2D eigenvalue weighted by molar-refractivity contribution is 5.79. The number of aromatic nitrogens is 4. The summed E-state index contributed by atoms with van der Waals surface area (Å²) in [6.45, 7) is 2.67. The van der Waals surface area contributed by atoms with Crippen molar-refractivity contribution in [2.24, 2.45) is 7.05 Å². The van der Waals surface area contributed by atoms with Gasteiger partial charge in [0.25, 0.3) is 5.56 Å². The molecular weight excluding hydrogens is 380 g/mol. The van der Waals surface area contributed by atoms with Crippen LogP contribution in [0.5, 0.6) is 0 Å². The lowest BCUT2D eigenvalue weighted by molar-refractivity contribution is -0.132. The number of rotatable bonds is 3. The van der Waals surface area contributed by atoms with Crippen molar-refractivity contribution in [3.05, 3.63) is 51.9 Å². The molecule has 1 saturated heterocycles. The molecule has 8 nitrogen and oxygen atoms in total. The highest BCUT2D eigenvalue weighted by atomic mass is 16.2. The molecule has 8 heteroatoms. The number of imidazole rings is 1. The van der Waals surface area contributed by atoms with Crippen LogP contribution in [0.25, 0.3) is 11.0 Å². The number of hydrogen-bond acceptors (Lipinski definition) is 5. The van der Waals surface area contributed by atoms with Gasteiger partial charge in [-0.25, -0.2) is 9.67 Å². The van der Waals surface area contributed by atoms with Gasteiger partial charge in [0.15, 0.2) is 0 Å². The Hall–Kier alpha value is -3.16. The van der Waals surface area contributed by atoms with E-state index < -0.39 is 0 Å². The Labute approximate surface area is 174 Å². The van der Waals surface area contributed by atoms with Gasteiger partial charge < -0.3 is 14.4 Å². The molecule has 156 valence electrons. The van der Waals surface area contributed by atoms with E-state index in [1.54, 1.807) is 6.07 Å². The molecule has 2 aliphatic rings. The number of benzene rings is 1. The molecule has 30 heavy (non-hydrogen) atoms. The Kier molecular flexibility index (Phi) is 4.77. The summed E-state index contributed by atoms with van der Waals surface area (Å²) < 4.78 is 3.44. The lowest BCUT2D eigenvalue weighted by Gasteiger charge is -2.35. The molecule has 1 amide bonds. The summed E-state index contributed by atoms with van der Waals surface area (Å²) in [7, 11) is 2.02. The van der Waals surface area contributed by atoms with Gasteiger partial charge in [0, 0.05) is 39.3 Å². The minimum Gasteiger partial charge on any atom is -0.339 e. The van der Waals surface area contributed by atoms with Crippen molar-refractivity contribution < 1.29 is 4.79 Å². The fourth-order valence-electron chi connectivity index (χ4n) is 4.51. The van der Waals surface area contributed by atoms with Crippen molar-refractivity contribution in [3.8, 4) is 0 Å². The molecule has 1 fully saturated rings. The molecule has 0 atom stereocenters. The summed E-state index contributed by atoms with van der Waals surface area (Å²) in [5, 5.41) is 4.48. The number of carbonyl (C=O) groups is 1. The van der Waals surface area contributed by atoms with Gasteiger partial charge in [-0.3, -0.25) is 9.59 Å². The lowest BCUT2D eigenvalue weighted by Crippen LogP contribution is -2.50. The summed E-state index contributed by atoms with van der Waals surface area (Å²) >= 11 is 0. The maximum atomic E-state index is 12.8. The largest absolute Gasteiger partial charge is 0.339 e. The standard InChI is InChI=1S/C22H26N6O2/c1-25-19-9-5-4-8-18(19)23-22(25)27-12-10-26(11-13-27)21(30)15-28-20(29)14-16-6-2-3-7-17(16)24-28/h4-5,8-9,14H,2-3,6-7,10-13,15H2,1H3. The molecule has 2 aromatic heterocycles. The van der Waals surface area contributed by atoms with E-state index in [0.29, 0.717) is 13.1 Å². The normalized spacial score (nSPS) is 16.7. The van der Waals surface area contributed by atoms with E-state index in [4.69, 9.17) is 4.98 Å². The Morgan fingerprint density at radius 2 is 1.83 bits per heavy atom. The third-order valence-corrected chi connectivity index (χ3v) is 6.24. The number of anilines is 1. The number of para-hydroxylation sites is 2. The zero-order valence-corrected chi connectivity index (χ0v) is 17.3. The lowest BCUT2D eigenvalue weighted by atomic mass is 9.97. The highest BCUT2D eigenvalue weighted by Gasteiger charge is 2.25. The SMILES string of the molecule is Cn1c(N2CCN(C(=O)Cn3nc4c(cc3=O)CCCC4)CC2)nc2ccccc21.